The van der Waals surface area contributed by atoms with Gasteiger partial charge < -0.3 is 0 Å². The third kappa shape index (κ3) is 31.9. The van der Waals surface area contributed by atoms with Gasteiger partial charge in [-0.05, 0) is 32.1 Å². The number of hydrogen-bond donors (Lipinski definition) is 0. The summed E-state index contributed by atoms with van der Waals surface area (Å²) < 4.78 is 0. The first kappa shape index (κ1) is 19.7. The van der Waals surface area contributed by atoms with E-state index in [9.17, 15) is 0 Å². The zero-order chi connectivity index (χ0) is 12.7. The van der Waals surface area contributed by atoms with Crippen LogP contribution in [-0.4, -0.2) is 0 Å². The minimum atomic E-state index is 0.646. The van der Waals surface area contributed by atoms with E-state index in [4.69, 9.17) is 0 Å². The minimum absolute atomic E-state index is 0.646. The van der Waals surface area contributed by atoms with Crippen molar-refractivity contribution in [2.45, 2.75) is 53.9 Å². The lowest BCUT2D eigenvalue weighted by Crippen LogP contribution is -1.85. The molecule has 0 aliphatic carbocycles. The van der Waals surface area contributed by atoms with Crippen molar-refractivity contribution in [2.75, 3.05) is 0 Å². The molecule has 0 aliphatic rings. The van der Waals surface area contributed by atoms with E-state index >= 15 is 0 Å². The fourth-order valence-corrected chi connectivity index (χ4v) is 0.499. The van der Waals surface area contributed by atoms with E-state index in [-0.39, 0.29) is 0 Å². The van der Waals surface area contributed by atoms with Crippen molar-refractivity contribution in [1.29, 1.82) is 0 Å². The summed E-state index contributed by atoms with van der Waals surface area (Å²) in [5.74, 6) is 0.646. The average molecular weight is 210 g/mol. The molecule has 1 atom stereocenters. The summed E-state index contributed by atoms with van der Waals surface area (Å²) in [6.07, 6.45) is 7.32. The number of allylic oxidation sites excluding steroid dienone is 3. The highest BCUT2D eigenvalue weighted by molar-refractivity contribution is 4.84. The van der Waals surface area contributed by atoms with Gasteiger partial charge in [-0.15, -0.1) is 19.7 Å². The Labute approximate surface area is 97.8 Å². The van der Waals surface area contributed by atoms with Crippen LogP contribution in [0.25, 0.3) is 0 Å². The maximum atomic E-state index is 3.68. The molecule has 15 heavy (non-hydrogen) atoms. The van der Waals surface area contributed by atoms with Crippen LogP contribution in [0.3, 0.4) is 0 Å². The van der Waals surface area contributed by atoms with Crippen molar-refractivity contribution in [3.63, 3.8) is 0 Å². The molecule has 0 N–H and O–H groups in total. The molecular formula is C15H30. The molecule has 0 nitrogen and oxygen atoms in total. The van der Waals surface area contributed by atoms with E-state index in [0.29, 0.717) is 5.92 Å². The lowest BCUT2D eigenvalue weighted by molar-refractivity contribution is 0.660. The molecule has 0 rings (SSSR count). The molecule has 0 aliphatic heterocycles. The van der Waals surface area contributed by atoms with Crippen LogP contribution < -0.4 is 0 Å². The van der Waals surface area contributed by atoms with Gasteiger partial charge in [0.05, 0.1) is 0 Å². The standard InChI is InChI=1S/C8H14.C5H10.C2H6/c1-4-6-7-8(3)5-2;1-4-5(2)3;1-2/h4-5,8H,1-2,6-7H2,3H3;2,4H2,1,3H3;1-2H3/t8-;;/m1../s1. The van der Waals surface area contributed by atoms with E-state index in [0.717, 1.165) is 12.8 Å². The summed E-state index contributed by atoms with van der Waals surface area (Å²) >= 11 is 0. The van der Waals surface area contributed by atoms with Crippen molar-refractivity contribution in [3.05, 3.63) is 37.5 Å². The molecular weight excluding hydrogens is 180 g/mol. The molecule has 0 radical (unpaired) electrons. The van der Waals surface area contributed by atoms with Crippen LogP contribution in [0.15, 0.2) is 37.5 Å². The van der Waals surface area contributed by atoms with Crippen molar-refractivity contribution < 1.29 is 0 Å². The molecule has 0 aromatic carbocycles. The summed E-state index contributed by atoms with van der Waals surface area (Å²) in [6, 6.07) is 0. The number of rotatable bonds is 5. The van der Waals surface area contributed by atoms with Gasteiger partial charge in [0.2, 0.25) is 0 Å². The van der Waals surface area contributed by atoms with E-state index in [1.165, 1.54) is 12.0 Å². The van der Waals surface area contributed by atoms with Gasteiger partial charge in [-0.25, -0.2) is 0 Å². The Morgan fingerprint density at radius 1 is 1.27 bits per heavy atom. The van der Waals surface area contributed by atoms with Crippen LogP contribution in [0, 0.1) is 5.92 Å². The first-order chi connectivity index (χ1) is 7.08. The van der Waals surface area contributed by atoms with Crippen LogP contribution in [0.5, 0.6) is 0 Å². The van der Waals surface area contributed by atoms with Crippen molar-refractivity contribution >= 4 is 0 Å². The van der Waals surface area contributed by atoms with E-state index in [2.05, 4.69) is 33.6 Å². The maximum Gasteiger partial charge on any atom is -0.0262 e. The molecule has 0 unspecified atom stereocenters. The third-order valence-corrected chi connectivity index (χ3v) is 1.83. The van der Waals surface area contributed by atoms with Crippen molar-refractivity contribution in [2.24, 2.45) is 5.92 Å². The third-order valence-electron chi connectivity index (χ3n) is 1.83. The van der Waals surface area contributed by atoms with E-state index in [1.54, 1.807) is 0 Å². The predicted octanol–water partition coefficient (Wildman–Crippen LogP) is 5.77. The first-order valence-corrected chi connectivity index (χ1v) is 5.96. The second-order valence-electron chi connectivity index (χ2n) is 3.39. The summed E-state index contributed by atoms with van der Waals surface area (Å²) in [6.45, 7) is 21.3. The van der Waals surface area contributed by atoms with Crippen LogP contribution >= 0.6 is 0 Å². The lowest BCUT2D eigenvalue weighted by Gasteiger charge is -1.99. The zero-order valence-electron chi connectivity index (χ0n) is 11.5. The fourth-order valence-electron chi connectivity index (χ4n) is 0.499. The molecule has 0 saturated carbocycles. The predicted molar refractivity (Wildman–Crippen MR) is 75.2 cm³/mol. The topological polar surface area (TPSA) is 0 Å². The molecule has 0 spiro atoms. The monoisotopic (exact) mass is 210 g/mol. The Kier molecular flexibility index (Phi) is 24.9. The molecule has 0 heterocycles. The molecule has 0 heteroatoms. The summed E-state index contributed by atoms with van der Waals surface area (Å²) in [5, 5.41) is 0. The Morgan fingerprint density at radius 3 is 1.87 bits per heavy atom. The summed E-state index contributed by atoms with van der Waals surface area (Å²) in [7, 11) is 0. The molecule has 90 valence electrons. The van der Waals surface area contributed by atoms with Gasteiger partial charge in [-0.3, -0.25) is 0 Å². The Hall–Kier alpha value is -0.780. The summed E-state index contributed by atoms with van der Waals surface area (Å²) in [5.41, 5.74) is 1.25. The first-order valence-electron chi connectivity index (χ1n) is 5.96. The van der Waals surface area contributed by atoms with Gasteiger partial charge in [0.1, 0.15) is 0 Å². The molecule has 0 aromatic heterocycles. The highest BCUT2D eigenvalue weighted by atomic mass is 14.0. The second-order valence-corrected chi connectivity index (χ2v) is 3.39. The Morgan fingerprint density at radius 2 is 1.67 bits per heavy atom. The lowest BCUT2D eigenvalue weighted by atomic mass is 10.1. The quantitative estimate of drug-likeness (QED) is 0.505. The highest BCUT2D eigenvalue weighted by Gasteiger charge is 1.90. The normalized spacial score (nSPS) is 9.67. The SMILES string of the molecule is C=C(C)CC.C=CCC[C@H](C)C=C.CC. The van der Waals surface area contributed by atoms with E-state index < -0.39 is 0 Å². The van der Waals surface area contributed by atoms with Gasteiger partial charge in [0, 0.05) is 0 Å². The van der Waals surface area contributed by atoms with Crippen molar-refractivity contribution in [1.82, 2.24) is 0 Å². The molecule has 0 fully saturated rings. The number of hydrogen-bond acceptors (Lipinski definition) is 0. The smallest absolute Gasteiger partial charge is 0.0262 e. The molecule has 0 saturated heterocycles. The average Bonchev–Trinajstić information content (AvgIpc) is 2.29. The maximum absolute atomic E-state index is 3.68. The fraction of sp³-hybridized carbons (Fsp3) is 0.600. The van der Waals surface area contributed by atoms with Gasteiger partial charge >= 0.3 is 0 Å². The largest absolute Gasteiger partial charge is 0.103 e. The van der Waals surface area contributed by atoms with Crippen LogP contribution in [-0.2, 0) is 0 Å². The molecule has 0 bridgehead atoms. The van der Waals surface area contributed by atoms with E-state index in [1.807, 2.05) is 32.9 Å². The summed E-state index contributed by atoms with van der Waals surface area (Å²) in [4.78, 5) is 0. The Balaban J connectivity index is -0.000000177. The van der Waals surface area contributed by atoms with Gasteiger partial charge in [-0.1, -0.05) is 45.4 Å². The van der Waals surface area contributed by atoms with Gasteiger partial charge in [0.15, 0.2) is 0 Å². The van der Waals surface area contributed by atoms with Crippen LogP contribution in [0.2, 0.25) is 0 Å². The van der Waals surface area contributed by atoms with Crippen LogP contribution in [0.1, 0.15) is 53.9 Å². The second kappa shape index (κ2) is 18.9. The van der Waals surface area contributed by atoms with Crippen molar-refractivity contribution in [3.8, 4) is 0 Å². The Bertz CT molecular complexity index is 142. The zero-order valence-corrected chi connectivity index (χ0v) is 11.5. The minimum Gasteiger partial charge on any atom is -0.103 e. The highest BCUT2D eigenvalue weighted by Crippen LogP contribution is 2.04. The van der Waals surface area contributed by atoms with Gasteiger partial charge in [0.25, 0.3) is 0 Å². The molecule has 0 aromatic rings. The molecule has 0 amide bonds. The van der Waals surface area contributed by atoms with Crippen LogP contribution in [0.4, 0.5) is 0 Å². The van der Waals surface area contributed by atoms with Gasteiger partial charge in [-0.2, -0.15) is 0 Å².